The quantitative estimate of drug-likeness (QED) is 0.590. The zero-order valence-corrected chi connectivity index (χ0v) is 15.2. The van der Waals surface area contributed by atoms with Gasteiger partial charge in [-0.15, -0.1) is 0 Å². The highest BCUT2D eigenvalue weighted by molar-refractivity contribution is 5.90. The van der Waals surface area contributed by atoms with Gasteiger partial charge in [-0.3, -0.25) is 4.79 Å². The highest BCUT2D eigenvalue weighted by atomic mass is 16.6. The minimum Gasteiger partial charge on any atom is -0.393 e. The summed E-state index contributed by atoms with van der Waals surface area (Å²) in [6.45, 7) is 6.54. The number of aliphatic hydroxyl groups is 1. The van der Waals surface area contributed by atoms with Crippen molar-refractivity contribution in [1.29, 1.82) is 0 Å². The van der Waals surface area contributed by atoms with E-state index in [2.05, 4.69) is 19.9 Å². The molecule has 0 radical (unpaired) electrons. The van der Waals surface area contributed by atoms with E-state index in [9.17, 15) is 9.90 Å². The maximum atomic E-state index is 12.4. The van der Waals surface area contributed by atoms with Crippen molar-refractivity contribution in [3.05, 3.63) is 11.6 Å². The van der Waals surface area contributed by atoms with Crippen LogP contribution in [-0.4, -0.2) is 28.7 Å². The molecule has 0 spiro atoms. The number of rotatable bonds is 1. The summed E-state index contributed by atoms with van der Waals surface area (Å²) in [5.74, 6) is 2.31. The smallest absolute Gasteiger partial charge is 0.164 e. The van der Waals surface area contributed by atoms with Crippen LogP contribution in [0.15, 0.2) is 11.6 Å². The Kier molecular flexibility index (Phi) is 2.94. The number of hydrogen-bond donors (Lipinski definition) is 1. The molecular formula is C21H30O3. The molecule has 3 saturated carbocycles. The first-order chi connectivity index (χ1) is 11.3. The normalized spacial score (nSPS) is 58.0. The second-order valence-corrected chi connectivity index (χ2v) is 9.75. The Morgan fingerprint density at radius 1 is 1.25 bits per heavy atom. The van der Waals surface area contributed by atoms with Crippen molar-refractivity contribution in [3.63, 3.8) is 0 Å². The summed E-state index contributed by atoms with van der Waals surface area (Å²) in [6.07, 6.45) is 10.0. The van der Waals surface area contributed by atoms with E-state index in [1.807, 2.05) is 0 Å². The Labute approximate surface area is 144 Å². The summed E-state index contributed by atoms with van der Waals surface area (Å²) in [6, 6.07) is 0. The van der Waals surface area contributed by atoms with Crippen LogP contribution in [0.5, 0.6) is 0 Å². The van der Waals surface area contributed by atoms with Gasteiger partial charge in [0.2, 0.25) is 0 Å². The number of epoxide rings is 1. The van der Waals surface area contributed by atoms with Crippen LogP contribution in [0, 0.1) is 28.6 Å². The first kappa shape index (κ1) is 15.6. The number of Topliss-reactive ketones (excluding diaryl/α,β-unsaturated/α-hetero) is 1. The molecule has 4 fully saturated rings. The van der Waals surface area contributed by atoms with Crippen LogP contribution >= 0.6 is 0 Å². The molecule has 0 amide bonds. The summed E-state index contributed by atoms with van der Waals surface area (Å²) < 4.78 is 6.00. The summed E-state index contributed by atoms with van der Waals surface area (Å²) in [5, 5.41) is 10.1. The molecule has 1 saturated heterocycles. The lowest BCUT2D eigenvalue weighted by molar-refractivity contribution is -0.135. The van der Waals surface area contributed by atoms with E-state index < -0.39 is 5.60 Å². The number of allylic oxidation sites excluding steroid dienone is 1. The van der Waals surface area contributed by atoms with E-state index in [1.54, 1.807) is 6.92 Å². The largest absolute Gasteiger partial charge is 0.393 e. The lowest BCUT2D eigenvalue weighted by atomic mass is 9.47. The third kappa shape index (κ3) is 1.60. The fourth-order valence-corrected chi connectivity index (χ4v) is 7.71. The van der Waals surface area contributed by atoms with Crippen molar-refractivity contribution in [2.45, 2.75) is 83.5 Å². The Morgan fingerprint density at radius 3 is 2.79 bits per heavy atom. The van der Waals surface area contributed by atoms with Crippen LogP contribution < -0.4 is 0 Å². The Hall–Kier alpha value is -0.670. The molecular weight excluding hydrogens is 300 g/mol. The zero-order valence-electron chi connectivity index (χ0n) is 15.2. The molecule has 1 heterocycles. The van der Waals surface area contributed by atoms with Gasteiger partial charge >= 0.3 is 0 Å². The Morgan fingerprint density at radius 2 is 2.04 bits per heavy atom. The van der Waals surface area contributed by atoms with E-state index in [0.717, 1.165) is 44.4 Å². The predicted molar refractivity (Wildman–Crippen MR) is 91.4 cm³/mol. The van der Waals surface area contributed by atoms with Crippen LogP contribution in [0.4, 0.5) is 0 Å². The van der Waals surface area contributed by atoms with E-state index in [-0.39, 0.29) is 28.8 Å². The monoisotopic (exact) mass is 330 g/mol. The first-order valence-electron chi connectivity index (χ1n) is 9.89. The van der Waals surface area contributed by atoms with E-state index in [1.165, 1.54) is 12.0 Å². The van der Waals surface area contributed by atoms with Crippen molar-refractivity contribution in [2.75, 3.05) is 0 Å². The van der Waals surface area contributed by atoms with Crippen molar-refractivity contribution in [1.82, 2.24) is 0 Å². The highest BCUT2D eigenvalue weighted by Crippen LogP contribution is 2.73. The van der Waals surface area contributed by atoms with Crippen LogP contribution in [0.25, 0.3) is 0 Å². The van der Waals surface area contributed by atoms with Crippen molar-refractivity contribution in [3.8, 4) is 0 Å². The van der Waals surface area contributed by atoms with Gasteiger partial charge in [0.1, 0.15) is 0 Å². The molecule has 0 aromatic rings. The minimum atomic E-state index is -0.448. The van der Waals surface area contributed by atoms with Crippen LogP contribution in [-0.2, 0) is 9.53 Å². The average molecular weight is 330 g/mol. The van der Waals surface area contributed by atoms with Gasteiger partial charge in [-0.05, 0) is 75.0 Å². The molecule has 1 N–H and O–H groups in total. The molecule has 8 atom stereocenters. The number of ketones is 1. The molecule has 3 heteroatoms. The van der Waals surface area contributed by atoms with E-state index >= 15 is 0 Å². The molecule has 5 aliphatic rings. The SMILES string of the molecule is CC(=O)[C@@]12O[C@@H]1C[C@H]1[C@@H]3CC=C4CC(O)CC[C@]4(C)[C@H]3CC[C@@]12C. The fraction of sp³-hybridized carbons (Fsp3) is 0.857. The van der Waals surface area contributed by atoms with Gasteiger partial charge in [-0.1, -0.05) is 25.5 Å². The molecule has 3 nitrogen and oxygen atoms in total. The van der Waals surface area contributed by atoms with Gasteiger partial charge in [0, 0.05) is 5.41 Å². The molecule has 0 bridgehead atoms. The van der Waals surface area contributed by atoms with Gasteiger partial charge < -0.3 is 9.84 Å². The summed E-state index contributed by atoms with van der Waals surface area (Å²) in [4.78, 5) is 12.4. The maximum Gasteiger partial charge on any atom is 0.164 e. The van der Waals surface area contributed by atoms with Crippen LogP contribution in [0.3, 0.4) is 0 Å². The highest BCUT2D eigenvalue weighted by Gasteiger charge is 2.79. The topological polar surface area (TPSA) is 49.8 Å². The summed E-state index contributed by atoms with van der Waals surface area (Å²) in [5.41, 5.74) is 1.39. The molecule has 1 aliphatic heterocycles. The third-order valence-electron chi connectivity index (χ3n) is 9.03. The van der Waals surface area contributed by atoms with Gasteiger partial charge in [0.25, 0.3) is 0 Å². The lowest BCUT2D eigenvalue weighted by Crippen LogP contribution is -2.54. The lowest BCUT2D eigenvalue weighted by Gasteiger charge is -2.58. The standard InChI is InChI=1S/C21H30O3/c1-12(22)21-18(24-21)11-17-15-5-4-13-10-14(23)6-8-19(13,2)16(15)7-9-20(17,21)3/h4,14-18,23H,5-11H2,1-3H3/t14?,15-,16+,17+,18-,19+,20+,21-/m1/s1. The predicted octanol–water partition coefficient (Wildman–Crippen LogP) is 3.65. The third-order valence-corrected chi connectivity index (χ3v) is 9.03. The number of hydrogen-bond acceptors (Lipinski definition) is 3. The van der Waals surface area contributed by atoms with Gasteiger partial charge in [-0.2, -0.15) is 0 Å². The fourth-order valence-electron chi connectivity index (χ4n) is 7.71. The maximum absolute atomic E-state index is 12.4. The second kappa shape index (κ2) is 4.54. The van der Waals surface area contributed by atoms with Crippen LogP contribution in [0.2, 0.25) is 0 Å². The number of aliphatic hydroxyl groups excluding tert-OH is 1. The zero-order chi connectivity index (χ0) is 16.9. The van der Waals surface area contributed by atoms with Gasteiger partial charge in [-0.25, -0.2) is 0 Å². The molecule has 4 aliphatic carbocycles. The van der Waals surface area contributed by atoms with Crippen LogP contribution in [0.1, 0.15) is 65.7 Å². The van der Waals surface area contributed by atoms with E-state index in [0.29, 0.717) is 11.8 Å². The van der Waals surface area contributed by atoms with E-state index in [4.69, 9.17) is 4.74 Å². The molecule has 0 aromatic carbocycles. The molecule has 24 heavy (non-hydrogen) atoms. The second-order valence-electron chi connectivity index (χ2n) is 9.75. The van der Waals surface area contributed by atoms with Gasteiger partial charge in [0.15, 0.2) is 11.4 Å². The number of fused-ring (bicyclic) bond motifs is 7. The minimum absolute atomic E-state index is 0.0422. The number of carbonyl (C=O) groups is 1. The van der Waals surface area contributed by atoms with Crippen molar-refractivity contribution < 1.29 is 14.6 Å². The average Bonchev–Trinajstić information content (AvgIpc) is 3.21. The summed E-state index contributed by atoms with van der Waals surface area (Å²) in [7, 11) is 0. The number of ether oxygens (including phenoxy) is 1. The Balaban J connectivity index is 1.51. The molecule has 5 rings (SSSR count). The molecule has 132 valence electrons. The van der Waals surface area contributed by atoms with Crippen molar-refractivity contribution >= 4 is 5.78 Å². The molecule has 1 unspecified atom stereocenters. The van der Waals surface area contributed by atoms with Crippen molar-refractivity contribution in [2.24, 2.45) is 28.6 Å². The first-order valence-corrected chi connectivity index (χ1v) is 9.89. The van der Waals surface area contributed by atoms with Gasteiger partial charge in [0.05, 0.1) is 12.2 Å². The Bertz CT molecular complexity index is 639. The molecule has 0 aromatic heterocycles. The summed E-state index contributed by atoms with van der Waals surface area (Å²) >= 11 is 0. The number of carbonyl (C=O) groups excluding carboxylic acids is 1.